The van der Waals surface area contributed by atoms with Crippen molar-refractivity contribution in [3.8, 4) is 0 Å². The third kappa shape index (κ3) is 3.19. The third-order valence-electron chi connectivity index (χ3n) is 4.28. The highest BCUT2D eigenvalue weighted by molar-refractivity contribution is 5.67. The molecule has 1 unspecified atom stereocenters. The van der Waals surface area contributed by atoms with Gasteiger partial charge >= 0.3 is 5.97 Å². The van der Waals surface area contributed by atoms with E-state index in [0.29, 0.717) is 18.6 Å². The molecule has 4 nitrogen and oxygen atoms in total. The normalized spacial score (nSPS) is 35.0. The van der Waals surface area contributed by atoms with Gasteiger partial charge in [0.1, 0.15) is 0 Å². The lowest BCUT2D eigenvalue weighted by Crippen LogP contribution is -2.43. The Morgan fingerprint density at radius 1 is 1.29 bits per heavy atom. The highest BCUT2D eigenvalue weighted by Crippen LogP contribution is 2.31. The topological polar surface area (TPSA) is 49.8 Å². The van der Waals surface area contributed by atoms with Crippen LogP contribution < -0.4 is 0 Å². The van der Waals surface area contributed by atoms with Crippen LogP contribution in [0.1, 0.15) is 44.9 Å². The summed E-state index contributed by atoms with van der Waals surface area (Å²) in [6.07, 6.45) is 7.51. The molecule has 2 rings (SSSR count). The quantitative estimate of drug-likeness (QED) is 0.816. The summed E-state index contributed by atoms with van der Waals surface area (Å²) in [5.74, 6) is -0.660. The zero-order valence-electron chi connectivity index (χ0n) is 10.6. The molecule has 0 aromatic rings. The lowest BCUT2D eigenvalue weighted by atomic mass is 9.91. The van der Waals surface area contributed by atoms with Crippen LogP contribution in [0.25, 0.3) is 0 Å². The first-order valence-corrected chi connectivity index (χ1v) is 6.71. The zero-order valence-corrected chi connectivity index (χ0v) is 10.6. The predicted octanol–water partition coefficient (Wildman–Crippen LogP) is 1.88. The number of methoxy groups -OCH3 is 1. The molecule has 98 valence electrons. The van der Waals surface area contributed by atoms with E-state index < -0.39 is 5.97 Å². The summed E-state index contributed by atoms with van der Waals surface area (Å²) >= 11 is 0. The van der Waals surface area contributed by atoms with Crippen molar-refractivity contribution in [2.24, 2.45) is 0 Å². The van der Waals surface area contributed by atoms with Crippen LogP contribution >= 0.6 is 0 Å². The van der Waals surface area contributed by atoms with Gasteiger partial charge in [0.15, 0.2) is 0 Å². The summed E-state index contributed by atoms with van der Waals surface area (Å²) in [7, 11) is 1.79. The minimum atomic E-state index is -0.660. The van der Waals surface area contributed by atoms with Crippen LogP contribution in [0.15, 0.2) is 0 Å². The van der Waals surface area contributed by atoms with Crippen LogP contribution in [-0.2, 0) is 9.53 Å². The first kappa shape index (κ1) is 12.8. The molecular weight excluding hydrogens is 218 g/mol. The zero-order chi connectivity index (χ0) is 12.3. The second-order valence-corrected chi connectivity index (χ2v) is 5.30. The maximum atomic E-state index is 10.8. The number of ether oxygens (including phenoxy) is 1. The average molecular weight is 241 g/mol. The second kappa shape index (κ2) is 5.83. The lowest BCUT2D eigenvalue weighted by molar-refractivity contribution is -0.138. The molecule has 1 saturated carbocycles. The number of carboxylic acids is 1. The number of carbonyl (C=O) groups is 1. The first-order valence-electron chi connectivity index (χ1n) is 6.71. The molecule has 4 heteroatoms. The summed E-state index contributed by atoms with van der Waals surface area (Å²) in [6, 6.07) is 0.866. The van der Waals surface area contributed by atoms with E-state index in [1.165, 1.54) is 0 Å². The molecule has 2 fully saturated rings. The molecule has 1 heterocycles. The van der Waals surface area contributed by atoms with E-state index in [1.807, 2.05) is 0 Å². The van der Waals surface area contributed by atoms with Crippen LogP contribution in [0.2, 0.25) is 0 Å². The minimum Gasteiger partial charge on any atom is -0.481 e. The first-order chi connectivity index (χ1) is 8.20. The van der Waals surface area contributed by atoms with Gasteiger partial charge < -0.3 is 9.84 Å². The van der Waals surface area contributed by atoms with Gasteiger partial charge in [0.2, 0.25) is 0 Å². The van der Waals surface area contributed by atoms with E-state index in [4.69, 9.17) is 9.84 Å². The fraction of sp³-hybridized carbons (Fsp3) is 0.923. The third-order valence-corrected chi connectivity index (χ3v) is 4.28. The molecule has 17 heavy (non-hydrogen) atoms. The van der Waals surface area contributed by atoms with E-state index in [9.17, 15) is 4.79 Å². The Balaban J connectivity index is 1.86. The molecule has 0 aromatic heterocycles. The van der Waals surface area contributed by atoms with Crippen molar-refractivity contribution in [1.82, 2.24) is 4.90 Å². The van der Waals surface area contributed by atoms with Crippen molar-refractivity contribution < 1.29 is 14.6 Å². The maximum absolute atomic E-state index is 10.8. The fourth-order valence-corrected chi connectivity index (χ4v) is 3.37. The van der Waals surface area contributed by atoms with E-state index >= 15 is 0 Å². The Hall–Kier alpha value is -0.610. The molecule has 2 aliphatic rings. The molecule has 0 bridgehead atoms. The standard InChI is InChI=1S/C13H23NO3/c1-17-12-6-4-10(5-7-12)14-8-2-3-11(14)9-13(15)16/h10-12H,2-9H2,1H3,(H,15,16). The summed E-state index contributed by atoms with van der Waals surface area (Å²) in [5.41, 5.74) is 0. The van der Waals surface area contributed by atoms with Crippen molar-refractivity contribution in [1.29, 1.82) is 0 Å². The number of carboxylic acid groups (broad SMARTS) is 1. The number of hydrogen-bond donors (Lipinski definition) is 1. The van der Waals surface area contributed by atoms with E-state index in [1.54, 1.807) is 7.11 Å². The number of likely N-dealkylation sites (tertiary alicyclic amines) is 1. The van der Waals surface area contributed by atoms with Crippen LogP contribution in [-0.4, -0.2) is 47.8 Å². The number of hydrogen-bond acceptors (Lipinski definition) is 3. The highest BCUT2D eigenvalue weighted by atomic mass is 16.5. The smallest absolute Gasteiger partial charge is 0.304 e. The summed E-state index contributed by atoms with van der Waals surface area (Å²) in [4.78, 5) is 13.3. The van der Waals surface area contributed by atoms with Gasteiger partial charge in [-0.15, -0.1) is 0 Å². The molecule has 1 atom stereocenters. The van der Waals surface area contributed by atoms with Gasteiger partial charge in [-0.3, -0.25) is 9.69 Å². The molecule has 1 aliphatic carbocycles. The molecule has 1 N–H and O–H groups in total. The Kier molecular flexibility index (Phi) is 4.40. The Morgan fingerprint density at radius 3 is 2.59 bits per heavy atom. The van der Waals surface area contributed by atoms with Crippen molar-refractivity contribution >= 4 is 5.97 Å². The van der Waals surface area contributed by atoms with E-state index in [2.05, 4.69) is 4.90 Å². The minimum absolute atomic E-state index is 0.275. The van der Waals surface area contributed by atoms with Crippen LogP contribution in [0.3, 0.4) is 0 Å². The van der Waals surface area contributed by atoms with Crippen molar-refractivity contribution in [2.45, 2.75) is 63.1 Å². The molecule has 1 saturated heterocycles. The lowest BCUT2D eigenvalue weighted by Gasteiger charge is -2.37. The Labute approximate surface area is 103 Å². The molecule has 0 aromatic carbocycles. The van der Waals surface area contributed by atoms with Gasteiger partial charge in [-0.25, -0.2) is 0 Å². The summed E-state index contributed by atoms with van der Waals surface area (Å²) < 4.78 is 5.38. The molecular formula is C13H23NO3. The number of aliphatic carboxylic acids is 1. The van der Waals surface area contributed by atoms with Crippen LogP contribution in [0.4, 0.5) is 0 Å². The predicted molar refractivity (Wildman–Crippen MR) is 65.0 cm³/mol. The van der Waals surface area contributed by atoms with Crippen molar-refractivity contribution in [3.05, 3.63) is 0 Å². The van der Waals surface area contributed by atoms with E-state index in [-0.39, 0.29) is 6.04 Å². The Morgan fingerprint density at radius 2 is 2.00 bits per heavy atom. The second-order valence-electron chi connectivity index (χ2n) is 5.30. The molecule has 0 spiro atoms. The highest BCUT2D eigenvalue weighted by Gasteiger charge is 2.34. The molecule has 0 amide bonds. The van der Waals surface area contributed by atoms with Gasteiger partial charge in [-0.05, 0) is 45.1 Å². The van der Waals surface area contributed by atoms with Crippen molar-refractivity contribution in [2.75, 3.05) is 13.7 Å². The monoisotopic (exact) mass is 241 g/mol. The van der Waals surface area contributed by atoms with Gasteiger partial charge in [0.05, 0.1) is 12.5 Å². The summed E-state index contributed by atoms with van der Waals surface area (Å²) in [5, 5.41) is 8.92. The SMILES string of the molecule is COC1CCC(N2CCCC2CC(=O)O)CC1. The Bertz CT molecular complexity index is 261. The van der Waals surface area contributed by atoms with Crippen LogP contribution in [0.5, 0.6) is 0 Å². The van der Waals surface area contributed by atoms with Crippen LogP contribution in [0, 0.1) is 0 Å². The number of rotatable bonds is 4. The molecule has 1 aliphatic heterocycles. The summed E-state index contributed by atoms with van der Waals surface area (Å²) in [6.45, 7) is 1.08. The van der Waals surface area contributed by atoms with E-state index in [0.717, 1.165) is 45.1 Å². The molecule has 0 radical (unpaired) electrons. The number of nitrogens with zero attached hydrogens (tertiary/aromatic N) is 1. The van der Waals surface area contributed by atoms with Gasteiger partial charge in [-0.2, -0.15) is 0 Å². The maximum Gasteiger partial charge on any atom is 0.304 e. The van der Waals surface area contributed by atoms with Gasteiger partial charge in [0.25, 0.3) is 0 Å². The fourth-order valence-electron chi connectivity index (χ4n) is 3.37. The largest absolute Gasteiger partial charge is 0.481 e. The van der Waals surface area contributed by atoms with Gasteiger partial charge in [-0.1, -0.05) is 0 Å². The van der Waals surface area contributed by atoms with Gasteiger partial charge in [0, 0.05) is 19.2 Å². The average Bonchev–Trinajstić information content (AvgIpc) is 2.76. The van der Waals surface area contributed by atoms with Crippen molar-refractivity contribution in [3.63, 3.8) is 0 Å².